The first-order chi connectivity index (χ1) is 16.6. The van der Waals surface area contributed by atoms with Gasteiger partial charge in [0.15, 0.2) is 0 Å². The molecule has 3 aliphatic rings. The van der Waals surface area contributed by atoms with Gasteiger partial charge in [0.25, 0.3) is 0 Å². The third-order valence-corrected chi connectivity index (χ3v) is 8.24. The molecule has 1 aromatic heterocycles. The number of ether oxygens (including phenoxy) is 2. The van der Waals surface area contributed by atoms with Crippen LogP contribution < -0.4 is 10.1 Å². The molecule has 3 atom stereocenters. The summed E-state index contributed by atoms with van der Waals surface area (Å²) in [4.78, 5) is 15.4. The average molecular weight is 465 g/mol. The van der Waals surface area contributed by atoms with Crippen LogP contribution in [0.2, 0.25) is 0 Å². The molecule has 34 heavy (non-hydrogen) atoms. The van der Waals surface area contributed by atoms with E-state index in [1.54, 1.807) is 31.8 Å². The second kappa shape index (κ2) is 9.59. The largest absolute Gasteiger partial charge is 0.497 e. The van der Waals surface area contributed by atoms with Gasteiger partial charge in [-0.3, -0.25) is 4.79 Å². The fraction of sp³-hybridized carbons (Fsp3) is 0.536. The van der Waals surface area contributed by atoms with E-state index < -0.39 is 0 Å². The summed E-state index contributed by atoms with van der Waals surface area (Å²) < 4.78 is 17.2. The summed E-state index contributed by atoms with van der Waals surface area (Å²) in [5, 5.41) is 3.28. The van der Waals surface area contributed by atoms with Gasteiger partial charge in [0.05, 0.1) is 25.2 Å². The molecule has 5 rings (SSSR count). The summed E-state index contributed by atoms with van der Waals surface area (Å²) in [6, 6.07) is 10.4. The molecule has 1 amide bonds. The van der Waals surface area contributed by atoms with Crippen molar-refractivity contribution < 1.29 is 18.7 Å². The van der Waals surface area contributed by atoms with Crippen LogP contribution in [-0.2, 0) is 14.9 Å². The second-order valence-corrected chi connectivity index (χ2v) is 10.3. The number of hydrogen-bond donors (Lipinski definition) is 1. The van der Waals surface area contributed by atoms with Crippen molar-refractivity contribution in [1.82, 2.24) is 10.2 Å². The van der Waals surface area contributed by atoms with Crippen LogP contribution >= 0.6 is 0 Å². The van der Waals surface area contributed by atoms with Gasteiger partial charge < -0.3 is 24.1 Å². The molecule has 3 fully saturated rings. The molecule has 6 nitrogen and oxygen atoms in total. The number of carbonyl (C=O) groups is 1. The molecule has 2 aromatic rings. The van der Waals surface area contributed by atoms with Gasteiger partial charge in [-0.25, -0.2) is 0 Å². The van der Waals surface area contributed by atoms with Crippen molar-refractivity contribution in [2.24, 2.45) is 5.92 Å². The van der Waals surface area contributed by atoms with Crippen LogP contribution in [-0.4, -0.2) is 56.3 Å². The number of carbonyl (C=O) groups excluding carboxylic acids is 1. The number of piperidine rings is 1. The summed E-state index contributed by atoms with van der Waals surface area (Å²) in [5.74, 6) is 1.66. The maximum Gasteiger partial charge on any atom is 0.244 e. The molecule has 1 saturated heterocycles. The van der Waals surface area contributed by atoms with Crippen LogP contribution in [0.25, 0.3) is 6.08 Å². The summed E-state index contributed by atoms with van der Waals surface area (Å²) >= 11 is 0. The lowest BCUT2D eigenvalue weighted by atomic mass is 9.55. The first kappa shape index (κ1) is 23.2. The van der Waals surface area contributed by atoms with Crippen molar-refractivity contribution in [2.45, 2.75) is 55.6 Å². The van der Waals surface area contributed by atoms with Gasteiger partial charge in [0.1, 0.15) is 5.75 Å². The molecule has 0 unspecified atom stereocenters. The SMILES string of the molecule is COc1cccc([C@@]23CCN(CC4CC4)C[C@@]2(OC)CC[C@@H](NC(=O)/C=C/c2ccoc2)C3)c1. The van der Waals surface area contributed by atoms with Crippen LogP contribution in [0.4, 0.5) is 0 Å². The van der Waals surface area contributed by atoms with E-state index in [0.717, 1.165) is 56.0 Å². The summed E-state index contributed by atoms with van der Waals surface area (Å²) in [6.07, 6.45) is 13.0. The quantitative estimate of drug-likeness (QED) is 0.587. The minimum Gasteiger partial charge on any atom is -0.497 e. The number of nitrogens with one attached hydrogen (secondary N) is 1. The Morgan fingerprint density at radius 3 is 2.85 bits per heavy atom. The molecule has 0 radical (unpaired) electrons. The Bertz CT molecular complexity index is 1020. The fourth-order valence-electron chi connectivity index (χ4n) is 6.25. The number of nitrogens with zero attached hydrogens (tertiary/aromatic N) is 1. The maximum absolute atomic E-state index is 12.7. The van der Waals surface area contributed by atoms with Gasteiger partial charge in [0.2, 0.25) is 5.91 Å². The summed E-state index contributed by atoms with van der Waals surface area (Å²) in [5.41, 5.74) is 1.68. The minimum atomic E-state index is -0.277. The van der Waals surface area contributed by atoms with E-state index in [9.17, 15) is 4.79 Å². The molecule has 2 heterocycles. The summed E-state index contributed by atoms with van der Waals surface area (Å²) in [7, 11) is 3.59. The number of benzene rings is 1. The zero-order valence-electron chi connectivity index (χ0n) is 20.3. The molecule has 2 aliphatic carbocycles. The highest BCUT2D eigenvalue weighted by atomic mass is 16.5. The Morgan fingerprint density at radius 1 is 1.24 bits per heavy atom. The van der Waals surface area contributed by atoms with Crippen molar-refractivity contribution >= 4 is 12.0 Å². The smallest absolute Gasteiger partial charge is 0.244 e. The lowest BCUT2D eigenvalue weighted by molar-refractivity contribution is -0.150. The lowest BCUT2D eigenvalue weighted by Gasteiger charge is -2.60. The Kier molecular flexibility index (Phi) is 6.54. The lowest BCUT2D eigenvalue weighted by Crippen LogP contribution is -2.68. The van der Waals surface area contributed by atoms with Gasteiger partial charge >= 0.3 is 0 Å². The van der Waals surface area contributed by atoms with E-state index in [2.05, 4.69) is 28.4 Å². The number of fused-ring (bicyclic) bond motifs is 1. The standard InChI is InChI=1S/C28H36N2O4/c1-32-25-5-3-4-23(16-25)27-13-14-30(18-21-6-7-21)20-28(27,33-2)12-10-24(17-27)29-26(31)9-8-22-11-15-34-19-22/h3-5,8-9,11,15-16,19,21,24H,6-7,10,12-14,17-18,20H2,1-2H3,(H,29,31)/b9-8+/t24-,27+,28+/m1/s1. The molecule has 182 valence electrons. The molecule has 1 N–H and O–H groups in total. The Labute approximate surface area is 202 Å². The van der Waals surface area contributed by atoms with Gasteiger partial charge in [-0.1, -0.05) is 12.1 Å². The number of methoxy groups -OCH3 is 2. The molecule has 0 spiro atoms. The van der Waals surface area contributed by atoms with Crippen LogP contribution in [0, 0.1) is 5.92 Å². The third kappa shape index (κ3) is 4.53. The molecule has 1 aromatic carbocycles. The molecule has 6 heteroatoms. The van der Waals surface area contributed by atoms with E-state index >= 15 is 0 Å². The summed E-state index contributed by atoms with van der Waals surface area (Å²) in [6.45, 7) is 3.18. The number of furan rings is 1. The van der Waals surface area contributed by atoms with Crippen molar-refractivity contribution in [1.29, 1.82) is 0 Å². The van der Waals surface area contributed by atoms with Crippen molar-refractivity contribution in [3.8, 4) is 5.75 Å². The van der Waals surface area contributed by atoms with E-state index in [4.69, 9.17) is 13.9 Å². The zero-order chi connectivity index (χ0) is 23.6. The van der Waals surface area contributed by atoms with Crippen LogP contribution in [0.3, 0.4) is 0 Å². The maximum atomic E-state index is 12.7. The van der Waals surface area contributed by atoms with E-state index in [1.807, 2.05) is 19.2 Å². The Morgan fingerprint density at radius 2 is 2.12 bits per heavy atom. The van der Waals surface area contributed by atoms with Crippen LogP contribution in [0.15, 0.2) is 53.4 Å². The van der Waals surface area contributed by atoms with Crippen LogP contribution in [0.1, 0.15) is 49.7 Å². The van der Waals surface area contributed by atoms with Gasteiger partial charge in [-0.05, 0) is 80.8 Å². The highest BCUT2D eigenvalue weighted by Crippen LogP contribution is 2.54. The predicted octanol–water partition coefficient (Wildman–Crippen LogP) is 4.41. The van der Waals surface area contributed by atoms with Crippen molar-refractivity contribution in [3.05, 3.63) is 60.1 Å². The topological polar surface area (TPSA) is 63.9 Å². The van der Waals surface area contributed by atoms with E-state index in [0.29, 0.717) is 0 Å². The van der Waals surface area contributed by atoms with Gasteiger partial charge in [-0.15, -0.1) is 0 Å². The molecular formula is C28H36N2O4. The molecular weight excluding hydrogens is 428 g/mol. The molecule has 2 saturated carbocycles. The molecule has 1 aliphatic heterocycles. The van der Waals surface area contributed by atoms with Crippen LogP contribution in [0.5, 0.6) is 5.75 Å². The number of hydrogen-bond acceptors (Lipinski definition) is 5. The third-order valence-electron chi connectivity index (χ3n) is 8.24. The van der Waals surface area contributed by atoms with E-state index in [1.165, 1.54) is 24.9 Å². The Hall–Kier alpha value is -2.57. The number of likely N-dealkylation sites (tertiary alicyclic amines) is 1. The van der Waals surface area contributed by atoms with Gasteiger partial charge in [-0.2, -0.15) is 0 Å². The van der Waals surface area contributed by atoms with E-state index in [-0.39, 0.29) is 23.0 Å². The van der Waals surface area contributed by atoms with Gasteiger partial charge in [0, 0.05) is 43.3 Å². The minimum absolute atomic E-state index is 0.0666. The highest BCUT2D eigenvalue weighted by molar-refractivity contribution is 5.91. The average Bonchev–Trinajstić information content (AvgIpc) is 3.52. The zero-order valence-corrected chi connectivity index (χ0v) is 20.3. The normalized spacial score (nSPS) is 29.6. The van der Waals surface area contributed by atoms with Crippen molar-refractivity contribution in [3.63, 3.8) is 0 Å². The highest BCUT2D eigenvalue weighted by Gasteiger charge is 2.59. The fourth-order valence-corrected chi connectivity index (χ4v) is 6.25. The first-order valence-electron chi connectivity index (χ1n) is 12.5. The number of rotatable bonds is 8. The predicted molar refractivity (Wildman–Crippen MR) is 132 cm³/mol. The van der Waals surface area contributed by atoms with Crippen molar-refractivity contribution in [2.75, 3.05) is 33.9 Å². The first-order valence-corrected chi connectivity index (χ1v) is 12.5. The second-order valence-electron chi connectivity index (χ2n) is 10.3. The number of amides is 1. The molecule has 0 bridgehead atoms. The Balaban J connectivity index is 1.41. The monoisotopic (exact) mass is 464 g/mol.